The van der Waals surface area contributed by atoms with Gasteiger partial charge in [-0.05, 0) is 36.8 Å². The van der Waals surface area contributed by atoms with Gasteiger partial charge < -0.3 is 14.5 Å². The van der Waals surface area contributed by atoms with E-state index in [0.717, 1.165) is 17.0 Å². The summed E-state index contributed by atoms with van der Waals surface area (Å²) in [4.78, 5) is 27.9. The van der Waals surface area contributed by atoms with Crippen LogP contribution in [0.1, 0.15) is 19.4 Å². The molecular weight excluding hydrogens is 316 g/mol. The van der Waals surface area contributed by atoms with Crippen molar-refractivity contribution in [3.63, 3.8) is 0 Å². The lowest BCUT2D eigenvalue weighted by Gasteiger charge is -2.26. The first-order chi connectivity index (χ1) is 12.0. The number of amides is 2. The number of rotatable bonds is 7. The lowest BCUT2D eigenvalue weighted by molar-refractivity contribution is -0.134. The van der Waals surface area contributed by atoms with Crippen molar-refractivity contribution in [1.82, 2.24) is 4.90 Å². The number of para-hydroxylation sites is 1. The average Bonchev–Trinajstić information content (AvgIpc) is 2.63. The van der Waals surface area contributed by atoms with E-state index in [4.69, 9.17) is 4.74 Å². The summed E-state index contributed by atoms with van der Waals surface area (Å²) in [5, 5.41) is 0. The maximum Gasteiger partial charge on any atom is 0.246 e. The molecule has 2 aromatic rings. The Morgan fingerprint density at radius 1 is 1.00 bits per heavy atom. The molecule has 0 atom stereocenters. The van der Waals surface area contributed by atoms with Crippen LogP contribution in [0.3, 0.4) is 0 Å². The molecule has 0 N–H and O–H groups in total. The highest BCUT2D eigenvalue weighted by atomic mass is 16.5. The fourth-order valence-electron chi connectivity index (χ4n) is 2.59. The molecule has 0 heterocycles. The molecule has 0 fully saturated rings. The minimum atomic E-state index is -0.131. The van der Waals surface area contributed by atoms with Gasteiger partial charge in [0.15, 0.2) is 0 Å². The number of nitrogens with zero attached hydrogens (tertiary/aromatic N) is 2. The third-order valence-electron chi connectivity index (χ3n) is 3.99. The molecule has 25 heavy (non-hydrogen) atoms. The molecule has 5 heteroatoms. The van der Waals surface area contributed by atoms with Crippen molar-refractivity contribution in [3.8, 4) is 5.75 Å². The maximum atomic E-state index is 12.7. The number of methoxy groups -OCH3 is 1. The van der Waals surface area contributed by atoms with Gasteiger partial charge >= 0.3 is 0 Å². The molecule has 0 aliphatic rings. The van der Waals surface area contributed by atoms with Crippen molar-refractivity contribution < 1.29 is 14.3 Å². The Morgan fingerprint density at radius 3 is 2.16 bits per heavy atom. The van der Waals surface area contributed by atoms with Gasteiger partial charge in [-0.1, -0.05) is 30.3 Å². The van der Waals surface area contributed by atoms with E-state index in [1.54, 1.807) is 16.9 Å². The summed E-state index contributed by atoms with van der Waals surface area (Å²) in [5.74, 6) is 0.529. The Bertz CT molecular complexity index is 699. The largest absolute Gasteiger partial charge is 0.497 e. The standard InChI is InChI=1S/C20H24N2O3/c1-4-22(18-8-6-5-7-9-18)20(24)15-21(16(2)23)14-17-10-12-19(25-3)13-11-17/h5-13H,4,14-15H2,1-3H3. The van der Waals surface area contributed by atoms with Gasteiger partial charge in [-0.25, -0.2) is 0 Å². The van der Waals surface area contributed by atoms with E-state index < -0.39 is 0 Å². The minimum absolute atomic E-state index is 0.0457. The van der Waals surface area contributed by atoms with E-state index in [9.17, 15) is 9.59 Å². The third-order valence-corrected chi connectivity index (χ3v) is 3.99. The second-order valence-corrected chi connectivity index (χ2v) is 5.70. The zero-order chi connectivity index (χ0) is 18.2. The van der Waals surface area contributed by atoms with Crippen molar-refractivity contribution in [2.45, 2.75) is 20.4 Å². The zero-order valence-corrected chi connectivity index (χ0v) is 14.9. The van der Waals surface area contributed by atoms with E-state index in [1.165, 1.54) is 6.92 Å². The lowest BCUT2D eigenvalue weighted by atomic mass is 10.2. The molecule has 0 saturated heterocycles. The third kappa shape index (κ3) is 5.08. The number of hydrogen-bond donors (Lipinski definition) is 0. The second kappa shape index (κ2) is 8.87. The van der Waals surface area contributed by atoms with Gasteiger partial charge in [0.05, 0.1) is 7.11 Å². The van der Waals surface area contributed by atoms with Crippen molar-refractivity contribution in [2.75, 3.05) is 25.1 Å². The topological polar surface area (TPSA) is 49.9 Å². The molecule has 0 saturated carbocycles. The summed E-state index contributed by atoms with van der Waals surface area (Å²) in [6.07, 6.45) is 0. The molecular formula is C20H24N2O3. The Hall–Kier alpha value is -2.82. The second-order valence-electron chi connectivity index (χ2n) is 5.70. The van der Waals surface area contributed by atoms with Crippen LogP contribution in [0.15, 0.2) is 54.6 Å². The van der Waals surface area contributed by atoms with Crippen LogP contribution >= 0.6 is 0 Å². The Kier molecular flexibility index (Phi) is 6.57. The number of ether oxygens (including phenoxy) is 1. The Morgan fingerprint density at radius 2 is 1.64 bits per heavy atom. The van der Waals surface area contributed by atoms with E-state index in [2.05, 4.69) is 0 Å². The number of benzene rings is 2. The molecule has 0 spiro atoms. The van der Waals surface area contributed by atoms with E-state index >= 15 is 0 Å². The zero-order valence-electron chi connectivity index (χ0n) is 14.9. The van der Waals surface area contributed by atoms with Crippen LogP contribution in [0, 0.1) is 0 Å². The van der Waals surface area contributed by atoms with Gasteiger partial charge in [0.1, 0.15) is 12.3 Å². The molecule has 0 bridgehead atoms. The number of likely N-dealkylation sites (N-methyl/N-ethyl adjacent to an activating group) is 1. The Balaban J connectivity index is 2.09. The molecule has 132 valence electrons. The quantitative estimate of drug-likeness (QED) is 0.778. The molecule has 2 amide bonds. The summed E-state index contributed by atoms with van der Waals surface area (Å²) in [6, 6.07) is 17.0. The monoisotopic (exact) mass is 340 g/mol. The number of carbonyl (C=O) groups excluding carboxylic acids is 2. The van der Waals surface area contributed by atoms with E-state index in [-0.39, 0.29) is 18.4 Å². The van der Waals surface area contributed by atoms with Crippen LogP contribution in [0.25, 0.3) is 0 Å². The summed E-state index contributed by atoms with van der Waals surface area (Å²) in [6.45, 7) is 4.39. The smallest absolute Gasteiger partial charge is 0.246 e. The SMILES string of the molecule is CCN(C(=O)CN(Cc1ccc(OC)cc1)C(C)=O)c1ccccc1. The average molecular weight is 340 g/mol. The van der Waals surface area contributed by atoms with Crippen LogP contribution in [0.2, 0.25) is 0 Å². The van der Waals surface area contributed by atoms with Gasteiger partial charge in [0.2, 0.25) is 11.8 Å². The minimum Gasteiger partial charge on any atom is -0.497 e. The first-order valence-electron chi connectivity index (χ1n) is 8.29. The molecule has 0 aromatic heterocycles. The van der Waals surface area contributed by atoms with Crippen LogP contribution in [0.4, 0.5) is 5.69 Å². The normalized spacial score (nSPS) is 10.2. The van der Waals surface area contributed by atoms with Gasteiger partial charge in [-0.3, -0.25) is 9.59 Å². The predicted molar refractivity (Wildman–Crippen MR) is 98.6 cm³/mol. The van der Waals surface area contributed by atoms with Crippen molar-refractivity contribution in [3.05, 3.63) is 60.2 Å². The molecule has 0 aliphatic heterocycles. The maximum absolute atomic E-state index is 12.7. The number of carbonyl (C=O) groups is 2. The molecule has 5 nitrogen and oxygen atoms in total. The Labute approximate surface area is 148 Å². The number of anilines is 1. The highest BCUT2D eigenvalue weighted by molar-refractivity contribution is 5.96. The fourth-order valence-corrected chi connectivity index (χ4v) is 2.59. The van der Waals surface area contributed by atoms with Gasteiger partial charge in [-0.2, -0.15) is 0 Å². The molecule has 2 aromatic carbocycles. The molecule has 0 aliphatic carbocycles. The van der Waals surface area contributed by atoms with Gasteiger partial charge in [-0.15, -0.1) is 0 Å². The highest BCUT2D eigenvalue weighted by Gasteiger charge is 2.19. The first-order valence-corrected chi connectivity index (χ1v) is 8.29. The van der Waals surface area contributed by atoms with Crippen molar-refractivity contribution in [1.29, 1.82) is 0 Å². The molecule has 0 unspecified atom stereocenters. The molecule has 2 rings (SSSR count). The summed E-state index contributed by atoms with van der Waals surface area (Å²) >= 11 is 0. The predicted octanol–water partition coefficient (Wildman–Crippen LogP) is 3.10. The lowest BCUT2D eigenvalue weighted by Crippen LogP contribution is -2.42. The highest BCUT2D eigenvalue weighted by Crippen LogP contribution is 2.16. The van der Waals surface area contributed by atoms with Crippen LogP contribution in [-0.4, -0.2) is 36.9 Å². The van der Waals surface area contributed by atoms with Crippen molar-refractivity contribution >= 4 is 17.5 Å². The first kappa shape index (κ1) is 18.5. The fraction of sp³-hybridized carbons (Fsp3) is 0.300. The van der Waals surface area contributed by atoms with E-state index in [0.29, 0.717) is 13.1 Å². The van der Waals surface area contributed by atoms with Gasteiger partial charge in [0, 0.05) is 25.7 Å². The van der Waals surface area contributed by atoms with E-state index in [1.807, 2.05) is 61.5 Å². The summed E-state index contributed by atoms with van der Waals surface area (Å²) < 4.78 is 5.14. The number of hydrogen-bond acceptors (Lipinski definition) is 3. The van der Waals surface area contributed by atoms with Gasteiger partial charge in [0.25, 0.3) is 0 Å². The van der Waals surface area contributed by atoms with Crippen LogP contribution in [-0.2, 0) is 16.1 Å². The van der Waals surface area contributed by atoms with Crippen LogP contribution in [0.5, 0.6) is 5.75 Å². The molecule has 0 radical (unpaired) electrons. The summed E-state index contributed by atoms with van der Waals surface area (Å²) in [5.41, 5.74) is 1.79. The van der Waals surface area contributed by atoms with Crippen molar-refractivity contribution in [2.24, 2.45) is 0 Å². The summed E-state index contributed by atoms with van der Waals surface area (Å²) in [7, 11) is 1.61. The van der Waals surface area contributed by atoms with Crippen LogP contribution < -0.4 is 9.64 Å².